The normalized spacial score (nSPS) is 19.7. The third kappa shape index (κ3) is 3.58. The average Bonchev–Trinajstić information content (AvgIpc) is 2.69. The smallest absolute Gasteiger partial charge is 0.491 e. The van der Waals surface area contributed by atoms with Gasteiger partial charge < -0.3 is 19.7 Å². The maximum Gasteiger partial charge on any atom is 0.491 e. The van der Waals surface area contributed by atoms with Crippen LogP contribution in [0, 0.1) is 11.3 Å². The molecule has 5 nitrogen and oxygen atoms in total. The summed E-state index contributed by atoms with van der Waals surface area (Å²) in [6, 6.07) is 6.91. The first kappa shape index (κ1) is 17.5. The van der Waals surface area contributed by atoms with Crippen LogP contribution in [0.1, 0.15) is 38.8 Å². The van der Waals surface area contributed by atoms with Crippen molar-refractivity contribution in [1.29, 1.82) is 5.26 Å². The van der Waals surface area contributed by atoms with Crippen LogP contribution in [0.2, 0.25) is 0 Å². The summed E-state index contributed by atoms with van der Waals surface area (Å²) in [7, 11) is 1.41. The molecule has 0 aromatic heterocycles. The van der Waals surface area contributed by atoms with E-state index < -0.39 is 18.3 Å². The van der Waals surface area contributed by atoms with E-state index >= 15 is 0 Å². The zero-order valence-electron chi connectivity index (χ0n) is 14.3. The van der Waals surface area contributed by atoms with Crippen molar-refractivity contribution < 1.29 is 14.4 Å². The molecule has 6 heteroatoms. The van der Waals surface area contributed by atoms with Crippen molar-refractivity contribution in [3.8, 4) is 11.8 Å². The van der Waals surface area contributed by atoms with Crippen LogP contribution in [-0.2, 0) is 9.31 Å². The molecular weight excluding hydrogens is 291 g/mol. The minimum Gasteiger partial charge on any atom is -0.507 e. The quantitative estimate of drug-likeness (QED) is 0.835. The van der Waals surface area contributed by atoms with Crippen molar-refractivity contribution in [3.63, 3.8) is 0 Å². The molecule has 1 fully saturated rings. The first-order valence-electron chi connectivity index (χ1n) is 7.64. The van der Waals surface area contributed by atoms with Gasteiger partial charge >= 0.3 is 7.12 Å². The van der Waals surface area contributed by atoms with Crippen LogP contribution in [0.4, 0.5) is 0 Å². The van der Waals surface area contributed by atoms with Crippen LogP contribution in [-0.4, -0.2) is 37.0 Å². The van der Waals surface area contributed by atoms with Gasteiger partial charge in [-0.25, -0.2) is 0 Å². The summed E-state index contributed by atoms with van der Waals surface area (Å²) >= 11 is 0. The molecule has 23 heavy (non-hydrogen) atoms. The van der Waals surface area contributed by atoms with Gasteiger partial charge in [-0.2, -0.15) is 5.26 Å². The Labute approximate surface area is 138 Å². The molecule has 1 aliphatic heterocycles. The van der Waals surface area contributed by atoms with Gasteiger partial charge in [0.2, 0.25) is 0 Å². The molecule has 0 bridgehead atoms. The second-order valence-corrected chi connectivity index (χ2v) is 6.73. The fourth-order valence-corrected chi connectivity index (χ4v) is 2.35. The number of nitrogens with one attached hydrogen (secondary N) is 1. The van der Waals surface area contributed by atoms with Gasteiger partial charge in [-0.3, -0.25) is 0 Å². The van der Waals surface area contributed by atoms with Gasteiger partial charge in [0.15, 0.2) is 0 Å². The zero-order chi connectivity index (χ0) is 17.3. The van der Waals surface area contributed by atoms with Gasteiger partial charge in [-0.05, 0) is 57.9 Å². The van der Waals surface area contributed by atoms with E-state index in [4.69, 9.17) is 14.6 Å². The molecule has 1 aromatic rings. The third-order valence-electron chi connectivity index (χ3n) is 4.43. The highest BCUT2D eigenvalue weighted by Gasteiger charge is 2.52. The van der Waals surface area contributed by atoms with Gasteiger partial charge in [-0.15, -0.1) is 0 Å². The number of benzene rings is 1. The van der Waals surface area contributed by atoms with E-state index in [9.17, 15) is 5.11 Å². The molecule has 2 N–H and O–H groups in total. The van der Waals surface area contributed by atoms with Gasteiger partial charge in [0, 0.05) is 6.54 Å². The number of likely N-dealkylation sites (N-methyl/N-ethyl adjacent to an activating group) is 1. The minimum atomic E-state index is -0.452. The molecule has 1 aromatic carbocycles. The van der Waals surface area contributed by atoms with Crippen molar-refractivity contribution in [2.24, 2.45) is 0 Å². The van der Waals surface area contributed by atoms with Gasteiger partial charge in [0.1, 0.15) is 11.8 Å². The van der Waals surface area contributed by atoms with Crippen LogP contribution >= 0.6 is 0 Å². The summed E-state index contributed by atoms with van der Waals surface area (Å²) in [4.78, 5) is 0. The highest BCUT2D eigenvalue weighted by atomic mass is 16.7. The Hall–Kier alpha value is -1.81. The van der Waals surface area contributed by atoms with Gasteiger partial charge in [0.05, 0.1) is 16.8 Å². The third-order valence-corrected chi connectivity index (χ3v) is 4.43. The number of nitriles is 1. The van der Waals surface area contributed by atoms with Crippen molar-refractivity contribution in [2.45, 2.75) is 38.9 Å². The monoisotopic (exact) mass is 314 g/mol. The van der Waals surface area contributed by atoms with E-state index in [1.165, 1.54) is 6.07 Å². The summed E-state index contributed by atoms with van der Waals surface area (Å²) in [6.45, 7) is 8.65. The van der Waals surface area contributed by atoms with Gasteiger partial charge in [-0.1, -0.05) is 12.1 Å². The molecule has 0 aliphatic carbocycles. The average molecular weight is 314 g/mol. The standard InChI is InChI=1S/C17H23BN2O3/c1-16(2)17(3,4)23-18(22-16)14(11-20-5)9-12-6-7-15(21)13(8-12)10-19/h6-9,20-21H,11H2,1-5H3. The van der Waals surface area contributed by atoms with E-state index in [1.54, 1.807) is 12.1 Å². The Morgan fingerprint density at radius 1 is 1.30 bits per heavy atom. The molecule has 0 saturated carbocycles. The molecular formula is C17H23BN2O3. The number of hydrogen-bond acceptors (Lipinski definition) is 5. The molecule has 0 unspecified atom stereocenters. The summed E-state index contributed by atoms with van der Waals surface area (Å²) < 4.78 is 12.2. The second kappa shape index (κ2) is 6.36. The lowest BCUT2D eigenvalue weighted by Crippen LogP contribution is -2.41. The highest BCUT2D eigenvalue weighted by Crippen LogP contribution is 2.38. The lowest BCUT2D eigenvalue weighted by Gasteiger charge is -2.32. The van der Waals surface area contributed by atoms with Crippen LogP contribution in [0.3, 0.4) is 0 Å². The predicted octanol–water partition coefficient (Wildman–Crippen LogP) is 2.50. The summed E-state index contributed by atoms with van der Waals surface area (Å²) in [5.74, 6) is -0.0181. The summed E-state index contributed by atoms with van der Waals surface area (Å²) in [6.07, 6.45) is 1.93. The number of aromatic hydroxyl groups is 1. The molecule has 0 spiro atoms. The second-order valence-electron chi connectivity index (χ2n) is 6.73. The minimum absolute atomic E-state index is 0.0181. The Morgan fingerprint density at radius 2 is 1.91 bits per heavy atom. The molecule has 0 atom stereocenters. The topological polar surface area (TPSA) is 74.5 Å². The van der Waals surface area contributed by atoms with E-state index in [0.29, 0.717) is 6.54 Å². The molecule has 1 aliphatic rings. The molecule has 2 rings (SSSR count). The van der Waals surface area contributed by atoms with Crippen LogP contribution < -0.4 is 5.32 Å². The number of hydrogen-bond donors (Lipinski definition) is 2. The fraction of sp³-hybridized carbons (Fsp3) is 0.471. The highest BCUT2D eigenvalue weighted by molar-refractivity contribution is 6.55. The van der Waals surface area contributed by atoms with Crippen molar-refractivity contribution in [3.05, 3.63) is 34.8 Å². The molecule has 0 radical (unpaired) electrons. The molecule has 1 heterocycles. The molecule has 1 saturated heterocycles. The first-order valence-corrected chi connectivity index (χ1v) is 7.64. The van der Waals surface area contributed by atoms with E-state index in [1.807, 2.05) is 46.9 Å². The molecule has 0 amide bonds. The van der Waals surface area contributed by atoms with E-state index in [2.05, 4.69) is 5.32 Å². The number of phenolic OH excluding ortho intramolecular Hbond substituents is 1. The maximum atomic E-state index is 9.62. The number of nitrogens with zero attached hydrogens (tertiary/aromatic N) is 1. The van der Waals surface area contributed by atoms with Crippen molar-refractivity contribution >= 4 is 13.2 Å². The number of rotatable bonds is 4. The fourth-order valence-electron chi connectivity index (χ4n) is 2.35. The zero-order valence-corrected chi connectivity index (χ0v) is 14.3. The van der Waals surface area contributed by atoms with Gasteiger partial charge in [0.25, 0.3) is 0 Å². The largest absolute Gasteiger partial charge is 0.507 e. The van der Waals surface area contributed by atoms with E-state index in [0.717, 1.165) is 11.0 Å². The predicted molar refractivity (Wildman–Crippen MR) is 90.8 cm³/mol. The first-order chi connectivity index (χ1) is 10.7. The van der Waals surface area contributed by atoms with Crippen LogP contribution in [0.15, 0.2) is 23.7 Å². The summed E-state index contributed by atoms with van der Waals surface area (Å²) in [5, 5.41) is 21.8. The number of phenols is 1. The summed E-state index contributed by atoms with van der Waals surface area (Å²) in [5.41, 5.74) is 1.19. The van der Waals surface area contributed by atoms with Crippen LogP contribution in [0.5, 0.6) is 5.75 Å². The maximum absolute atomic E-state index is 9.62. The lowest BCUT2D eigenvalue weighted by atomic mass is 9.77. The van der Waals surface area contributed by atoms with Crippen molar-refractivity contribution in [2.75, 3.05) is 13.6 Å². The lowest BCUT2D eigenvalue weighted by molar-refractivity contribution is 0.00578. The molecule has 122 valence electrons. The van der Waals surface area contributed by atoms with E-state index in [-0.39, 0.29) is 11.3 Å². The Balaban J connectivity index is 2.34. The Morgan fingerprint density at radius 3 is 2.43 bits per heavy atom. The van der Waals surface area contributed by atoms with Crippen LogP contribution in [0.25, 0.3) is 6.08 Å². The Bertz CT molecular complexity index is 646. The Kier molecular flexibility index (Phi) is 4.85. The SMILES string of the molecule is CNCC(=Cc1ccc(O)c(C#N)c1)B1OC(C)(C)C(C)(C)O1. The van der Waals surface area contributed by atoms with Crippen molar-refractivity contribution in [1.82, 2.24) is 5.32 Å².